The van der Waals surface area contributed by atoms with Crippen LogP contribution in [-0.2, 0) is 19.1 Å². The van der Waals surface area contributed by atoms with Gasteiger partial charge in [-0.25, -0.2) is 0 Å². The van der Waals surface area contributed by atoms with Gasteiger partial charge < -0.3 is 9.47 Å². The first-order valence-corrected chi connectivity index (χ1v) is 10.0. The van der Waals surface area contributed by atoms with E-state index in [2.05, 4.69) is 6.58 Å². The Bertz CT molecular complexity index is 991. The number of hydrogen-bond acceptors (Lipinski definition) is 7. The van der Waals surface area contributed by atoms with Gasteiger partial charge in [0.25, 0.3) is 0 Å². The predicted molar refractivity (Wildman–Crippen MR) is 118 cm³/mol. The summed E-state index contributed by atoms with van der Waals surface area (Å²) in [6.07, 6.45) is -0.171. The van der Waals surface area contributed by atoms with E-state index in [4.69, 9.17) is 14.5 Å². The average Bonchev–Trinajstić information content (AvgIpc) is 2.82. The molecule has 0 radical (unpaired) electrons. The summed E-state index contributed by atoms with van der Waals surface area (Å²) < 4.78 is 9.89. The zero-order valence-corrected chi connectivity index (χ0v) is 17.9. The molecule has 3 rings (SSSR count). The number of nitrogens with zero attached hydrogens (tertiary/aromatic N) is 2. The molecule has 8 nitrogen and oxygen atoms in total. The van der Waals surface area contributed by atoms with Crippen molar-refractivity contribution in [3.05, 3.63) is 94.1 Å². The molecule has 166 valence electrons. The van der Waals surface area contributed by atoms with Crippen molar-refractivity contribution in [1.82, 2.24) is 0 Å². The van der Waals surface area contributed by atoms with Gasteiger partial charge in [0.15, 0.2) is 5.41 Å². The number of carbonyl (C=O) groups is 2. The molecule has 2 aromatic rings. The second-order valence-electron chi connectivity index (χ2n) is 7.59. The van der Waals surface area contributed by atoms with E-state index in [1.807, 2.05) is 60.7 Å². The van der Waals surface area contributed by atoms with Gasteiger partial charge in [0.05, 0.1) is 19.9 Å². The summed E-state index contributed by atoms with van der Waals surface area (Å²) in [6, 6.07) is 15.5. The number of rotatable bonds is 6. The van der Waals surface area contributed by atoms with Crippen molar-refractivity contribution in [2.45, 2.75) is 24.9 Å². The highest BCUT2D eigenvalue weighted by atomic mass is 16.6. The van der Waals surface area contributed by atoms with Crippen molar-refractivity contribution < 1.29 is 24.0 Å². The normalized spacial score (nSPS) is 19.5. The summed E-state index contributed by atoms with van der Waals surface area (Å²) in [7, 11) is 2.25. The van der Waals surface area contributed by atoms with E-state index in [1.54, 1.807) is 0 Å². The highest BCUT2D eigenvalue weighted by Crippen LogP contribution is 2.44. The van der Waals surface area contributed by atoms with Crippen molar-refractivity contribution in [2.75, 3.05) is 14.2 Å². The lowest BCUT2D eigenvalue weighted by Gasteiger charge is -2.39. The van der Waals surface area contributed by atoms with Crippen LogP contribution in [0.3, 0.4) is 0 Å². The van der Waals surface area contributed by atoms with Gasteiger partial charge in [0, 0.05) is 22.5 Å². The van der Waals surface area contributed by atoms with Gasteiger partial charge in [-0.05, 0) is 6.42 Å². The summed E-state index contributed by atoms with van der Waals surface area (Å²) >= 11 is 0. The third kappa shape index (κ3) is 4.16. The molecule has 32 heavy (non-hydrogen) atoms. The molecular formula is C24H24N2O6. The molecule has 2 aromatic carbocycles. The third-order valence-corrected chi connectivity index (χ3v) is 5.63. The van der Waals surface area contributed by atoms with E-state index in [-0.39, 0.29) is 12.8 Å². The summed E-state index contributed by atoms with van der Waals surface area (Å²) in [5.74, 6) is -1.88. The topological polar surface area (TPSA) is 108 Å². The molecule has 1 aliphatic rings. The molecule has 0 bridgehead atoms. The summed E-state index contributed by atoms with van der Waals surface area (Å²) in [5, 5.41) is 12.1. The fourth-order valence-electron chi connectivity index (χ4n) is 4.17. The molecule has 0 spiro atoms. The highest BCUT2D eigenvalue weighted by Gasteiger charge is 2.63. The Labute approximate surface area is 185 Å². The van der Waals surface area contributed by atoms with Crippen LogP contribution in [0.15, 0.2) is 77.8 Å². The average molecular weight is 436 g/mol. The minimum atomic E-state index is -2.02. The smallest absolute Gasteiger partial charge is 0.326 e. The van der Waals surface area contributed by atoms with Gasteiger partial charge in [-0.1, -0.05) is 72.8 Å². The van der Waals surface area contributed by atoms with Crippen molar-refractivity contribution >= 4 is 17.7 Å². The molecule has 0 saturated heterocycles. The van der Waals surface area contributed by atoms with Crippen LogP contribution < -0.4 is 0 Å². The van der Waals surface area contributed by atoms with Crippen LogP contribution in [0.1, 0.15) is 24.0 Å². The van der Waals surface area contributed by atoms with E-state index in [0.29, 0.717) is 22.4 Å². The molecule has 0 amide bonds. The first-order chi connectivity index (χ1) is 15.3. The van der Waals surface area contributed by atoms with Crippen molar-refractivity contribution in [3.8, 4) is 0 Å². The molecule has 0 aromatic heterocycles. The monoisotopic (exact) mass is 436 g/mol. The van der Waals surface area contributed by atoms with Crippen LogP contribution in [0, 0.1) is 15.5 Å². The molecule has 0 aliphatic heterocycles. The van der Waals surface area contributed by atoms with E-state index < -0.39 is 34.4 Å². The lowest BCUT2D eigenvalue weighted by atomic mass is 9.66. The van der Waals surface area contributed by atoms with E-state index in [0.717, 1.165) is 14.2 Å². The molecule has 1 saturated carbocycles. The Kier molecular flexibility index (Phi) is 6.82. The molecular weight excluding hydrogens is 412 g/mol. The number of carbonyl (C=O) groups excluding carboxylic acids is 2. The van der Waals surface area contributed by atoms with Crippen molar-refractivity contribution in [2.24, 2.45) is 10.4 Å². The highest BCUT2D eigenvalue weighted by molar-refractivity contribution is 6.13. The van der Waals surface area contributed by atoms with Gasteiger partial charge in [0.2, 0.25) is 6.04 Å². The minimum Gasteiger partial charge on any atom is -0.468 e. The van der Waals surface area contributed by atoms with Crippen LogP contribution in [0.5, 0.6) is 0 Å². The quantitative estimate of drug-likeness (QED) is 0.172. The van der Waals surface area contributed by atoms with Gasteiger partial charge in [-0.3, -0.25) is 24.7 Å². The Morgan fingerprint density at radius 1 is 1.00 bits per heavy atom. The fourth-order valence-corrected chi connectivity index (χ4v) is 4.17. The van der Waals surface area contributed by atoms with Crippen molar-refractivity contribution in [1.29, 1.82) is 0 Å². The number of methoxy groups -OCH3 is 2. The second kappa shape index (κ2) is 9.55. The van der Waals surface area contributed by atoms with Crippen LogP contribution in [0.4, 0.5) is 0 Å². The standard InChI is InChI=1S/C24H24N2O6/c1-16-14-19(26(29)30)21(24(15-16,22(27)31-2)23(28)32-3)25-20(17-10-6-4-7-11-17)18-12-8-5-9-13-18/h4-13,19,21H,1,14-15H2,2-3H3/t19-,21+/m0/s1. The fraction of sp³-hybridized carbons (Fsp3) is 0.292. The van der Waals surface area contributed by atoms with Gasteiger partial charge >= 0.3 is 11.9 Å². The van der Waals surface area contributed by atoms with Crippen LogP contribution in [0.2, 0.25) is 0 Å². The number of benzene rings is 2. The maximum absolute atomic E-state index is 13.0. The molecule has 1 fully saturated rings. The number of ether oxygens (including phenoxy) is 2. The van der Waals surface area contributed by atoms with Gasteiger partial charge in [-0.15, -0.1) is 0 Å². The first-order valence-electron chi connectivity index (χ1n) is 10.0. The summed E-state index contributed by atoms with van der Waals surface area (Å²) in [5.41, 5.74) is 0.163. The first kappa shape index (κ1) is 22.9. The number of nitro groups is 1. The zero-order valence-electron chi connectivity index (χ0n) is 17.9. The van der Waals surface area contributed by atoms with E-state index in [9.17, 15) is 19.7 Å². The molecule has 0 heterocycles. The maximum Gasteiger partial charge on any atom is 0.326 e. The zero-order chi connectivity index (χ0) is 23.3. The predicted octanol–water partition coefficient (Wildman–Crippen LogP) is 3.22. The molecule has 0 N–H and O–H groups in total. The Hall–Kier alpha value is -3.81. The van der Waals surface area contributed by atoms with Gasteiger partial charge in [-0.2, -0.15) is 0 Å². The number of esters is 2. The van der Waals surface area contributed by atoms with Gasteiger partial charge in [0.1, 0.15) is 6.04 Å². The Balaban J connectivity index is 2.33. The van der Waals surface area contributed by atoms with E-state index in [1.165, 1.54) is 0 Å². The largest absolute Gasteiger partial charge is 0.468 e. The van der Waals surface area contributed by atoms with Crippen LogP contribution >= 0.6 is 0 Å². The third-order valence-electron chi connectivity index (χ3n) is 5.63. The SMILES string of the molecule is C=C1C[C@H]([N+](=O)[O-])[C@@H](N=C(c2ccccc2)c2ccccc2)C(C(=O)OC)(C(=O)OC)C1. The molecule has 2 atom stereocenters. The van der Waals surface area contributed by atoms with Crippen molar-refractivity contribution in [3.63, 3.8) is 0 Å². The number of hydrogen-bond donors (Lipinski definition) is 0. The minimum absolute atomic E-state index is 0.0201. The Morgan fingerprint density at radius 2 is 1.47 bits per heavy atom. The lowest BCUT2D eigenvalue weighted by Crippen LogP contribution is -2.58. The molecule has 1 aliphatic carbocycles. The lowest BCUT2D eigenvalue weighted by molar-refractivity contribution is -0.529. The molecule has 0 unspecified atom stereocenters. The van der Waals surface area contributed by atoms with Crippen LogP contribution in [-0.4, -0.2) is 48.9 Å². The Morgan fingerprint density at radius 3 is 1.88 bits per heavy atom. The second-order valence-corrected chi connectivity index (χ2v) is 7.59. The van der Waals surface area contributed by atoms with Crippen LogP contribution in [0.25, 0.3) is 0 Å². The summed E-state index contributed by atoms with van der Waals surface area (Å²) in [6.45, 7) is 3.84. The van der Waals surface area contributed by atoms with E-state index >= 15 is 0 Å². The molecule has 8 heteroatoms. The maximum atomic E-state index is 13.0. The summed E-state index contributed by atoms with van der Waals surface area (Å²) in [4.78, 5) is 42.3. The number of aliphatic imine (C=N–C) groups is 1.